The summed E-state index contributed by atoms with van der Waals surface area (Å²) >= 11 is 0. The van der Waals surface area contributed by atoms with Gasteiger partial charge in [0.05, 0.1) is 0 Å². The Balaban J connectivity index is 1.84. The molecule has 1 fully saturated rings. The van der Waals surface area contributed by atoms with Crippen molar-refractivity contribution in [3.8, 4) is 11.5 Å². The van der Waals surface area contributed by atoms with E-state index in [0.717, 1.165) is 17.0 Å². The second-order valence-electron chi connectivity index (χ2n) is 4.49. The van der Waals surface area contributed by atoms with Gasteiger partial charge in [-0.2, -0.15) is 4.98 Å². The number of nitrogens with zero attached hydrogens (tertiary/aromatic N) is 2. The number of aromatic nitrogens is 2. The Kier molecular flexibility index (Phi) is 2.65. The first kappa shape index (κ1) is 10.5. The van der Waals surface area contributed by atoms with E-state index in [-0.39, 0.29) is 0 Å². The highest BCUT2D eigenvalue weighted by Crippen LogP contribution is 2.35. The molecular weight excluding hydrogens is 214 g/mol. The van der Waals surface area contributed by atoms with Gasteiger partial charge >= 0.3 is 0 Å². The molecule has 1 aromatic carbocycles. The van der Waals surface area contributed by atoms with Crippen molar-refractivity contribution >= 4 is 0 Å². The van der Waals surface area contributed by atoms with Crippen molar-refractivity contribution in [2.75, 3.05) is 0 Å². The fourth-order valence-electron chi connectivity index (χ4n) is 1.97. The summed E-state index contributed by atoms with van der Waals surface area (Å²) in [6, 6.07) is 7.92. The summed E-state index contributed by atoms with van der Waals surface area (Å²) in [6.45, 7) is 0.553. The third-order valence-corrected chi connectivity index (χ3v) is 3.35. The lowest BCUT2D eigenvalue weighted by Crippen LogP contribution is -2.10. The molecule has 88 valence electrons. The fraction of sp³-hybridized carbons (Fsp3) is 0.385. The topological polar surface area (TPSA) is 64.9 Å². The molecule has 4 heteroatoms. The van der Waals surface area contributed by atoms with Crippen molar-refractivity contribution in [2.24, 2.45) is 5.73 Å². The lowest BCUT2D eigenvalue weighted by atomic mass is 9.85. The molecule has 1 aliphatic carbocycles. The molecule has 0 amide bonds. The molecule has 0 atom stereocenters. The summed E-state index contributed by atoms with van der Waals surface area (Å²) in [5.74, 6) is 1.97. The maximum absolute atomic E-state index is 5.56. The van der Waals surface area contributed by atoms with E-state index in [1.165, 1.54) is 19.3 Å². The molecule has 1 aromatic heterocycles. The van der Waals surface area contributed by atoms with Gasteiger partial charge in [0.2, 0.25) is 0 Å². The quantitative estimate of drug-likeness (QED) is 0.878. The van der Waals surface area contributed by atoms with Crippen LogP contribution in [-0.4, -0.2) is 10.1 Å². The van der Waals surface area contributed by atoms with Gasteiger partial charge < -0.3 is 10.3 Å². The minimum Gasteiger partial charge on any atom is -0.334 e. The highest BCUT2D eigenvalue weighted by atomic mass is 16.5. The molecule has 0 unspecified atom stereocenters. The van der Waals surface area contributed by atoms with Gasteiger partial charge in [0.1, 0.15) is 0 Å². The van der Waals surface area contributed by atoms with Crippen LogP contribution < -0.4 is 5.73 Å². The second-order valence-corrected chi connectivity index (χ2v) is 4.49. The molecule has 0 spiro atoms. The van der Waals surface area contributed by atoms with Gasteiger partial charge in [-0.25, -0.2) is 0 Å². The first-order chi connectivity index (χ1) is 8.36. The molecule has 4 nitrogen and oxygen atoms in total. The largest absolute Gasteiger partial charge is 0.334 e. The van der Waals surface area contributed by atoms with Crippen LogP contribution in [0.2, 0.25) is 0 Å². The number of hydrogen-bond donors (Lipinski definition) is 1. The Labute approximate surface area is 99.8 Å². The Hall–Kier alpha value is -1.68. The van der Waals surface area contributed by atoms with E-state index in [4.69, 9.17) is 10.3 Å². The monoisotopic (exact) mass is 229 g/mol. The molecule has 0 radical (unpaired) electrons. The van der Waals surface area contributed by atoms with Gasteiger partial charge in [-0.3, -0.25) is 0 Å². The van der Waals surface area contributed by atoms with E-state index < -0.39 is 0 Å². The van der Waals surface area contributed by atoms with E-state index >= 15 is 0 Å². The number of benzene rings is 1. The minimum absolute atomic E-state index is 0.510. The normalized spacial score (nSPS) is 15.8. The van der Waals surface area contributed by atoms with Crippen molar-refractivity contribution in [2.45, 2.75) is 31.7 Å². The van der Waals surface area contributed by atoms with Crippen LogP contribution in [0.5, 0.6) is 0 Å². The molecule has 1 saturated carbocycles. The van der Waals surface area contributed by atoms with Crippen LogP contribution in [0.4, 0.5) is 0 Å². The molecule has 3 rings (SSSR count). The molecule has 1 heterocycles. The predicted octanol–water partition coefficient (Wildman–Crippen LogP) is 2.46. The number of nitrogens with two attached hydrogens (primary N) is 1. The van der Waals surface area contributed by atoms with Crippen LogP contribution in [-0.2, 0) is 6.54 Å². The molecule has 17 heavy (non-hydrogen) atoms. The van der Waals surface area contributed by atoms with Gasteiger partial charge in [-0.15, -0.1) is 0 Å². The first-order valence-electron chi connectivity index (χ1n) is 6.00. The Morgan fingerprint density at radius 1 is 1.24 bits per heavy atom. The summed E-state index contributed by atoms with van der Waals surface area (Å²) in [4.78, 5) is 4.45. The third-order valence-electron chi connectivity index (χ3n) is 3.35. The molecule has 2 N–H and O–H groups in total. The summed E-state index contributed by atoms with van der Waals surface area (Å²) in [5.41, 5.74) is 7.62. The maximum Gasteiger partial charge on any atom is 0.257 e. The van der Waals surface area contributed by atoms with Crippen molar-refractivity contribution in [1.82, 2.24) is 10.1 Å². The lowest BCUT2D eigenvalue weighted by molar-refractivity contribution is 0.366. The van der Waals surface area contributed by atoms with Crippen molar-refractivity contribution in [3.63, 3.8) is 0 Å². The number of hydrogen-bond acceptors (Lipinski definition) is 4. The summed E-state index contributed by atoms with van der Waals surface area (Å²) in [5, 5.41) is 4.05. The molecular formula is C13H15N3O. The van der Waals surface area contributed by atoms with Crippen LogP contribution in [0.3, 0.4) is 0 Å². The van der Waals surface area contributed by atoms with E-state index in [0.29, 0.717) is 18.4 Å². The van der Waals surface area contributed by atoms with Crippen LogP contribution in [0.1, 0.15) is 36.6 Å². The summed E-state index contributed by atoms with van der Waals surface area (Å²) in [6.07, 6.45) is 3.65. The highest BCUT2D eigenvalue weighted by molar-refractivity contribution is 5.53. The Bertz CT molecular complexity index is 500. The van der Waals surface area contributed by atoms with Gasteiger partial charge in [0.25, 0.3) is 5.89 Å². The standard InChI is InChI=1S/C13H15N3O/c14-8-9-4-6-11(7-5-9)13-15-12(16-17-13)10-2-1-3-10/h4-7,10H,1-3,8,14H2. The summed E-state index contributed by atoms with van der Waals surface area (Å²) < 4.78 is 5.29. The zero-order chi connectivity index (χ0) is 11.7. The zero-order valence-electron chi connectivity index (χ0n) is 9.60. The van der Waals surface area contributed by atoms with Crippen molar-refractivity contribution in [3.05, 3.63) is 35.7 Å². The van der Waals surface area contributed by atoms with Crippen LogP contribution in [0, 0.1) is 0 Å². The van der Waals surface area contributed by atoms with Crippen LogP contribution in [0.25, 0.3) is 11.5 Å². The second kappa shape index (κ2) is 4.30. The molecule has 1 aliphatic rings. The third kappa shape index (κ3) is 1.96. The van der Waals surface area contributed by atoms with Crippen molar-refractivity contribution < 1.29 is 4.52 Å². The van der Waals surface area contributed by atoms with Crippen LogP contribution >= 0.6 is 0 Å². The smallest absolute Gasteiger partial charge is 0.257 e. The predicted molar refractivity (Wildman–Crippen MR) is 64.2 cm³/mol. The highest BCUT2D eigenvalue weighted by Gasteiger charge is 2.24. The van der Waals surface area contributed by atoms with Gasteiger partial charge in [0, 0.05) is 18.0 Å². The molecule has 0 saturated heterocycles. The average Bonchev–Trinajstić information content (AvgIpc) is 2.76. The van der Waals surface area contributed by atoms with Crippen LogP contribution in [0.15, 0.2) is 28.8 Å². The van der Waals surface area contributed by atoms with Gasteiger partial charge in [-0.1, -0.05) is 23.7 Å². The molecule has 0 bridgehead atoms. The van der Waals surface area contributed by atoms with E-state index in [9.17, 15) is 0 Å². The fourth-order valence-corrected chi connectivity index (χ4v) is 1.97. The van der Waals surface area contributed by atoms with Crippen molar-refractivity contribution in [1.29, 1.82) is 0 Å². The van der Waals surface area contributed by atoms with Gasteiger partial charge in [0.15, 0.2) is 5.82 Å². The average molecular weight is 229 g/mol. The lowest BCUT2D eigenvalue weighted by Gasteiger charge is -2.20. The Morgan fingerprint density at radius 2 is 2.00 bits per heavy atom. The SMILES string of the molecule is NCc1ccc(-c2nc(C3CCC3)no2)cc1. The zero-order valence-corrected chi connectivity index (χ0v) is 9.60. The first-order valence-corrected chi connectivity index (χ1v) is 6.00. The minimum atomic E-state index is 0.510. The molecule has 2 aromatic rings. The maximum atomic E-state index is 5.56. The van der Waals surface area contributed by atoms with E-state index in [1.54, 1.807) is 0 Å². The summed E-state index contributed by atoms with van der Waals surface area (Å²) in [7, 11) is 0. The van der Waals surface area contributed by atoms with Gasteiger partial charge in [-0.05, 0) is 30.5 Å². The Morgan fingerprint density at radius 3 is 2.59 bits per heavy atom. The van der Waals surface area contributed by atoms with E-state index in [2.05, 4.69) is 10.1 Å². The van der Waals surface area contributed by atoms with E-state index in [1.807, 2.05) is 24.3 Å². The molecule has 0 aliphatic heterocycles. The number of rotatable bonds is 3.